The molecule has 0 saturated carbocycles. The van der Waals surface area contributed by atoms with Gasteiger partial charge in [-0.3, -0.25) is 9.59 Å². The van der Waals surface area contributed by atoms with Crippen LogP contribution < -0.4 is 0 Å². The topological polar surface area (TPSA) is 77.3 Å². The van der Waals surface area contributed by atoms with E-state index in [2.05, 4.69) is 10.2 Å². The molecule has 0 fully saturated rings. The molecular formula is C18H18N2O4. The van der Waals surface area contributed by atoms with Gasteiger partial charge in [0.25, 0.3) is 0 Å². The van der Waals surface area contributed by atoms with Crippen LogP contribution in [-0.2, 0) is 32.3 Å². The normalized spacial score (nSPS) is 10.6. The first-order valence-corrected chi connectivity index (χ1v) is 7.39. The number of esters is 2. The predicted octanol–water partition coefficient (Wildman–Crippen LogP) is 4.23. The van der Waals surface area contributed by atoms with E-state index in [1.54, 1.807) is 12.1 Å². The monoisotopic (exact) mass is 326 g/mol. The van der Waals surface area contributed by atoms with Crippen molar-refractivity contribution in [2.45, 2.75) is 27.1 Å². The van der Waals surface area contributed by atoms with Gasteiger partial charge in [-0.2, -0.15) is 10.2 Å². The van der Waals surface area contributed by atoms with E-state index in [0.717, 1.165) is 11.1 Å². The summed E-state index contributed by atoms with van der Waals surface area (Å²) in [5.41, 5.74) is 2.99. The number of carbonyl (C=O) groups excluding carboxylic acids is 2. The van der Waals surface area contributed by atoms with Crippen LogP contribution in [0.25, 0.3) is 0 Å². The highest BCUT2D eigenvalue weighted by Gasteiger charge is 2.00. The van der Waals surface area contributed by atoms with Crippen molar-refractivity contribution >= 4 is 23.3 Å². The predicted molar refractivity (Wildman–Crippen MR) is 88.0 cm³/mol. The lowest BCUT2D eigenvalue weighted by molar-refractivity contribution is -0.143. The number of hydrogen-bond acceptors (Lipinski definition) is 6. The highest BCUT2D eigenvalue weighted by molar-refractivity contribution is 5.66. The molecule has 0 aliphatic rings. The van der Waals surface area contributed by atoms with Gasteiger partial charge < -0.3 is 9.47 Å². The molecule has 0 bridgehead atoms. The van der Waals surface area contributed by atoms with E-state index in [0.29, 0.717) is 11.4 Å². The van der Waals surface area contributed by atoms with E-state index < -0.39 is 0 Å². The highest BCUT2D eigenvalue weighted by atomic mass is 16.5. The Morgan fingerprint density at radius 1 is 0.792 bits per heavy atom. The number of benzene rings is 2. The summed E-state index contributed by atoms with van der Waals surface area (Å²) in [5, 5.41) is 8.35. The van der Waals surface area contributed by atoms with Crippen LogP contribution in [0.15, 0.2) is 58.8 Å². The molecule has 2 aromatic carbocycles. The van der Waals surface area contributed by atoms with Crippen LogP contribution in [-0.4, -0.2) is 11.9 Å². The van der Waals surface area contributed by atoms with Crippen molar-refractivity contribution in [2.24, 2.45) is 10.2 Å². The lowest BCUT2D eigenvalue weighted by Gasteiger charge is -2.03. The molecule has 0 aliphatic carbocycles. The minimum absolute atomic E-state index is 0.205. The fraction of sp³-hybridized carbons (Fsp3) is 0.222. The largest absolute Gasteiger partial charge is 0.461 e. The summed E-state index contributed by atoms with van der Waals surface area (Å²) in [4.78, 5) is 21.7. The van der Waals surface area contributed by atoms with E-state index in [1.807, 2.05) is 36.4 Å². The molecular weight excluding hydrogens is 308 g/mol. The Bertz CT molecular complexity index is 693. The fourth-order valence-electron chi connectivity index (χ4n) is 1.90. The van der Waals surface area contributed by atoms with Crippen LogP contribution in [0.1, 0.15) is 25.0 Å². The zero-order chi connectivity index (χ0) is 17.4. The first-order valence-electron chi connectivity index (χ1n) is 7.39. The van der Waals surface area contributed by atoms with Gasteiger partial charge in [0.05, 0.1) is 11.4 Å². The Morgan fingerprint density at radius 2 is 1.21 bits per heavy atom. The first-order chi connectivity index (χ1) is 11.5. The van der Waals surface area contributed by atoms with E-state index in [1.165, 1.54) is 13.8 Å². The summed E-state index contributed by atoms with van der Waals surface area (Å²) in [7, 11) is 0. The van der Waals surface area contributed by atoms with Crippen LogP contribution >= 0.6 is 0 Å². The van der Waals surface area contributed by atoms with Crippen LogP contribution in [0.2, 0.25) is 0 Å². The van der Waals surface area contributed by atoms with Crippen molar-refractivity contribution in [3.8, 4) is 0 Å². The summed E-state index contributed by atoms with van der Waals surface area (Å²) in [6.07, 6.45) is 0. The molecule has 0 atom stereocenters. The zero-order valence-electron chi connectivity index (χ0n) is 13.6. The molecule has 0 unspecified atom stereocenters. The maximum Gasteiger partial charge on any atom is 0.302 e. The van der Waals surface area contributed by atoms with Gasteiger partial charge in [-0.15, -0.1) is 0 Å². The van der Waals surface area contributed by atoms with Crippen molar-refractivity contribution in [2.75, 3.05) is 0 Å². The van der Waals surface area contributed by atoms with Gasteiger partial charge in [0.1, 0.15) is 13.2 Å². The Kier molecular flexibility index (Phi) is 6.19. The SMILES string of the molecule is CC(=O)OCc1cccc(N=Nc2cccc(COC(C)=O)c2)c1. The molecule has 0 spiro atoms. The van der Waals surface area contributed by atoms with Gasteiger partial charge in [0.15, 0.2) is 0 Å². The maximum absolute atomic E-state index is 10.8. The second-order valence-electron chi connectivity index (χ2n) is 5.10. The number of carbonyl (C=O) groups is 2. The van der Waals surface area contributed by atoms with E-state index >= 15 is 0 Å². The van der Waals surface area contributed by atoms with Crippen LogP contribution in [0.3, 0.4) is 0 Å². The lowest BCUT2D eigenvalue weighted by Crippen LogP contribution is -1.98. The summed E-state index contributed by atoms with van der Waals surface area (Å²) >= 11 is 0. The minimum atomic E-state index is -0.327. The third kappa shape index (κ3) is 6.00. The van der Waals surface area contributed by atoms with Gasteiger partial charge >= 0.3 is 11.9 Å². The maximum atomic E-state index is 10.8. The molecule has 0 radical (unpaired) electrons. The highest BCUT2D eigenvalue weighted by Crippen LogP contribution is 2.21. The number of nitrogens with zero attached hydrogens (tertiary/aromatic N) is 2. The molecule has 6 heteroatoms. The average molecular weight is 326 g/mol. The number of ether oxygens (including phenoxy) is 2. The average Bonchev–Trinajstić information content (AvgIpc) is 2.57. The minimum Gasteiger partial charge on any atom is -0.461 e. The molecule has 2 aromatic rings. The molecule has 6 nitrogen and oxygen atoms in total. The van der Waals surface area contributed by atoms with Gasteiger partial charge in [0, 0.05) is 13.8 Å². The van der Waals surface area contributed by atoms with Crippen molar-refractivity contribution in [1.82, 2.24) is 0 Å². The van der Waals surface area contributed by atoms with Crippen molar-refractivity contribution in [1.29, 1.82) is 0 Å². The number of rotatable bonds is 6. The molecule has 0 aromatic heterocycles. The van der Waals surface area contributed by atoms with Crippen LogP contribution in [0, 0.1) is 0 Å². The van der Waals surface area contributed by atoms with E-state index in [4.69, 9.17) is 9.47 Å². The quantitative estimate of drug-likeness (QED) is 0.588. The molecule has 0 N–H and O–H groups in total. The van der Waals surface area contributed by atoms with E-state index in [9.17, 15) is 9.59 Å². The third-order valence-electron chi connectivity index (χ3n) is 2.99. The van der Waals surface area contributed by atoms with Gasteiger partial charge in [-0.25, -0.2) is 0 Å². The summed E-state index contributed by atoms with van der Waals surface area (Å²) in [6.45, 7) is 3.14. The van der Waals surface area contributed by atoms with Crippen molar-refractivity contribution < 1.29 is 19.1 Å². The Labute approximate surface area is 140 Å². The fourth-order valence-corrected chi connectivity index (χ4v) is 1.90. The molecule has 124 valence electrons. The van der Waals surface area contributed by atoms with E-state index in [-0.39, 0.29) is 25.2 Å². The van der Waals surface area contributed by atoms with Gasteiger partial charge in [-0.1, -0.05) is 24.3 Å². The first kappa shape index (κ1) is 17.3. The van der Waals surface area contributed by atoms with Crippen LogP contribution in [0.5, 0.6) is 0 Å². The Morgan fingerprint density at radius 3 is 1.58 bits per heavy atom. The van der Waals surface area contributed by atoms with Gasteiger partial charge in [0.2, 0.25) is 0 Å². The third-order valence-corrected chi connectivity index (χ3v) is 2.99. The van der Waals surface area contributed by atoms with Crippen molar-refractivity contribution in [3.63, 3.8) is 0 Å². The molecule has 24 heavy (non-hydrogen) atoms. The molecule has 0 aliphatic heterocycles. The molecule has 2 rings (SSSR count). The molecule has 0 saturated heterocycles. The summed E-state index contributed by atoms with van der Waals surface area (Å²) in [6, 6.07) is 14.6. The molecule has 0 amide bonds. The van der Waals surface area contributed by atoms with Crippen LogP contribution in [0.4, 0.5) is 11.4 Å². The molecule has 0 heterocycles. The number of hydrogen-bond donors (Lipinski definition) is 0. The van der Waals surface area contributed by atoms with Crippen molar-refractivity contribution in [3.05, 3.63) is 59.7 Å². The summed E-state index contributed by atoms with van der Waals surface area (Å²) in [5.74, 6) is -0.654. The lowest BCUT2D eigenvalue weighted by atomic mass is 10.2. The second kappa shape index (κ2) is 8.57. The Balaban J connectivity index is 2.04. The standard InChI is InChI=1S/C18H18N2O4/c1-13(21)23-11-15-5-3-7-17(9-15)19-20-18-8-4-6-16(10-18)12-24-14(2)22/h3-10H,11-12H2,1-2H3. The summed E-state index contributed by atoms with van der Waals surface area (Å²) < 4.78 is 9.91. The zero-order valence-corrected chi connectivity index (χ0v) is 13.6. The smallest absolute Gasteiger partial charge is 0.302 e. The van der Waals surface area contributed by atoms with Gasteiger partial charge in [-0.05, 0) is 35.4 Å². The number of azo groups is 1. The Hall–Kier alpha value is -3.02. The second-order valence-corrected chi connectivity index (χ2v) is 5.10.